The van der Waals surface area contributed by atoms with Gasteiger partial charge < -0.3 is 15.0 Å². The number of morpholine rings is 1. The van der Waals surface area contributed by atoms with Gasteiger partial charge in [0.2, 0.25) is 11.9 Å². The van der Waals surface area contributed by atoms with E-state index in [1.807, 2.05) is 0 Å². The molecule has 31 heavy (non-hydrogen) atoms. The molecular weight excluding hydrogens is 437 g/mol. The lowest BCUT2D eigenvalue weighted by Gasteiger charge is -2.37. The summed E-state index contributed by atoms with van der Waals surface area (Å²) in [5.74, 6) is -2.02. The van der Waals surface area contributed by atoms with Crippen LogP contribution in [0.2, 0.25) is 5.15 Å². The maximum Gasteiger partial charge on any atom is 0.269 e. The molecular formula is C20H18ClF3N4O3. The van der Waals surface area contributed by atoms with Gasteiger partial charge in [-0.3, -0.25) is 9.59 Å². The van der Waals surface area contributed by atoms with Crippen LogP contribution >= 0.6 is 11.6 Å². The lowest BCUT2D eigenvalue weighted by molar-refractivity contribution is -0.159. The Morgan fingerprint density at radius 2 is 2.03 bits per heavy atom. The summed E-state index contributed by atoms with van der Waals surface area (Å²) >= 11 is 6.11. The summed E-state index contributed by atoms with van der Waals surface area (Å²) in [6.45, 7) is 3.09. The highest BCUT2D eigenvalue weighted by molar-refractivity contribution is 6.29. The number of hydrogen-bond donors (Lipinski definition) is 1. The van der Waals surface area contributed by atoms with E-state index < -0.39 is 36.4 Å². The van der Waals surface area contributed by atoms with Gasteiger partial charge in [-0.2, -0.15) is 4.39 Å². The summed E-state index contributed by atoms with van der Waals surface area (Å²) in [4.78, 5) is 32.7. The van der Waals surface area contributed by atoms with E-state index in [2.05, 4.69) is 21.9 Å². The second kappa shape index (κ2) is 9.44. The Morgan fingerprint density at radius 1 is 1.29 bits per heavy atom. The fourth-order valence-electron chi connectivity index (χ4n) is 3.16. The average molecular weight is 455 g/mol. The highest BCUT2D eigenvalue weighted by atomic mass is 35.5. The summed E-state index contributed by atoms with van der Waals surface area (Å²) in [6, 6.07) is 5.27. The Bertz CT molecular complexity index is 1020. The van der Waals surface area contributed by atoms with Crippen LogP contribution in [0.3, 0.4) is 0 Å². The molecule has 0 aliphatic carbocycles. The molecule has 1 aliphatic rings. The van der Waals surface area contributed by atoms with Gasteiger partial charge in [0.25, 0.3) is 12.3 Å². The van der Waals surface area contributed by atoms with Crippen molar-refractivity contribution in [1.29, 1.82) is 0 Å². The highest BCUT2D eigenvalue weighted by Gasteiger charge is 2.36. The topological polar surface area (TPSA) is 84.4 Å². The first-order valence-electron chi connectivity index (χ1n) is 9.14. The number of aromatic nitrogens is 2. The second-order valence-corrected chi connectivity index (χ2v) is 7.08. The van der Waals surface area contributed by atoms with Crippen LogP contribution in [0.25, 0.3) is 11.3 Å². The zero-order chi connectivity index (χ0) is 22.7. The van der Waals surface area contributed by atoms with E-state index in [9.17, 15) is 22.8 Å². The zero-order valence-corrected chi connectivity index (χ0v) is 17.1. The minimum atomic E-state index is -2.82. The van der Waals surface area contributed by atoms with Crippen molar-refractivity contribution in [2.75, 3.05) is 20.1 Å². The molecule has 2 aromatic heterocycles. The summed E-state index contributed by atoms with van der Waals surface area (Å²) in [5, 5.41) is 2.34. The lowest BCUT2D eigenvalue weighted by atomic mass is 10.0. The predicted molar refractivity (Wildman–Crippen MR) is 106 cm³/mol. The standard InChI is InChI=1S/C20H18ClF3N4O3/c1-3-18(29)28-8-14(31-15(9-28)19(23)24)11-5-12(26-16(21)6-11)10-4-13(20(30)25-2)27-17(22)7-10/h3-7,14-15,19H,1,8-9H2,2H3,(H,25,30)/t14-,15-/m1/s1. The molecule has 1 aliphatic heterocycles. The number of halogens is 4. The molecule has 0 bridgehead atoms. The number of pyridine rings is 2. The van der Waals surface area contributed by atoms with Gasteiger partial charge >= 0.3 is 0 Å². The molecule has 164 valence electrons. The number of nitrogens with one attached hydrogen (secondary N) is 1. The number of amides is 2. The monoisotopic (exact) mass is 454 g/mol. The van der Waals surface area contributed by atoms with Gasteiger partial charge in [-0.05, 0) is 29.8 Å². The summed E-state index contributed by atoms with van der Waals surface area (Å²) in [5.41, 5.74) is 0.574. The van der Waals surface area contributed by atoms with Crippen molar-refractivity contribution in [3.63, 3.8) is 0 Å². The number of hydrogen-bond acceptors (Lipinski definition) is 5. The summed E-state index contributed by atoms with van der Waals surface area (Å²) < 4.78 is 46.2. The number of rotatable bonds is 5. The molecule has 1 fully saturated rings. The molecule has 11 heteroatoms. The Kier molecular flexibility index (Phi) is 6.91. The number of ether oxygens (including phenoxy) is 1. The minimum absolute atomic E-state index is 0.00409. The van der Waals surface area contributed by atoms with Gasteiger partial charge in [-0.25, -0.2) is 18.7 Å². The first-order chi connectivity index (χ1) is 14.7. The minimum Gasteiger partial charge on any atom is -0.361 e. The maximum absolute atomic E-state index is 14.0. The third-order valence-electron chi connectivity index (χ3n) is 4.63. The zero-order valence-electron chi connectivity index (χ0n) is 16.3. The third kappa shape index (κ3) is 5.20. The average Bonchev–Trinajstić information content (AvgIpc) is 2.76. The highest BCUT2D eigenvalue weighted by Crippen LogP contribution is 2.32. The SMILES string of the molecule is C=CC(=O)N1C[C@H](c2cc(Cl)nc(-c3cc(F)nc(C(=O)NC)c3)c2)O[C@@H](C(F)F)C1. The van der Waals surface area contributed by atoms with Crippen LogP contribution in [0, 0.1) is 5.95 Å². The van der Waals surface area contributed by atoms with Gasteiger partial charge in [0.05, 0.1) is 18.8 Å². The van der Waals surface area contributed by atoms with Crippen LogP contribution < -0.4 is 5.32 Å². The van der Waals surface area contributed by atoms with Crippen molar-refractivity contribution >= 4 is 23.4 Å². The molecule has 1 N–H and O–H groups in total. The van der Waals surface area contributed by atoms with Crippen LogP contribution in [0.5, 0.6) is 0 Å². The Hall–Kier alpha value is -2.98. The molecule has 2 aromatic rings. The molecule has 0 unspecified atom stereocenters. The van der Waals surface area contributed by atoms with Crippen molar-refractivity contribution in [2.45, 2.75) is 18.6 Å². The number of alkyl halides is 2. The van der Waals surface area contributed by atoms with Gasteiger partial charge in [-0.1, -0.05) is 18.2 Å². The van der Waals surface area contributed by atoms with Gasteiger partial charge in [-0.15, -0.1) is 0 Å². The van der Waals surface area contributed by atoms with E-state index in [1.54, 1.807) is 0 Å². The third-order valence-corrected chi connectivity index (χ3v) is 4.82. The molecule has 7 nitrogen and oxygen atoms in total. The van der Waals surface area contributed by atoms with E-state index in [1.165, 1.54) is 30.1 Å². The fourth-order valence-corrected chi connectivity index (χ4v) is 3.38. The first kappa shape index (κ1) is 22.7. The predicted octanol–water partition coefficient (Wildman–Crippen LogP) is 3.02. The fraction of sp³-hybridized carbons (Fsp3) is 0.300. The van der Waals surface area contributed by atoms with Crippen molar-refractivity contribution in [3.05, 3.63) is 59.3 Å². The molecule has 0 spiro atoms. The molecule has 3 heterocycles. The van der Waals surface area contributed by atoms with Crippen molar-refractivity contribution in [2.24, 2.45) is 0 Å². The van der Waals surface area contributed by atoms with Crippen LogP contribution in [0.15, 0.2) is 36.9 Å². The van der Waals surface area contributed by atoms with E-state index in [0.29, 0.717) is 5.56 Å². The van der Waals surface area contributed by atoms with Crippen LogP contribution in [0.1, 0.15) is 22.2 Å². The van der Waals surface area contributed by atoms with Crippen molar-refractivity contribution < 1.29 is 27.5 Å². The first-order valence-corrected chi connectivity index (χ1v) is 9.52. The summed E-state index contributed by atoms with van der Waals surface area (Å²) in [6.07, 6.45) is -4.21. The van der Waals surface area contributed by atoms with Crippen LogP contribution in [0.4, 0.5) is 13.2 Å². The molecule has 2 amide bonds. The number of carbonyl (C=O) groups excluding carboxylic acids is 2. The molecule has 1 saturated heterocycles. The van der Waals surface area contributed by atoms with E-state index in [0.717, 1.165) is 12.1 Å². The van der Waals surface area contributed by atoms with Crippen LogP contribution in [-0.2, 0) is 9.53 Å². The lowest BCUT2D eigenvalue weighted by Crippen LogP contribution is -2.48. The normalized spacial score (nSPS) is 18.7. The van der Waals surface area contributed by atoms with E-state index >= 15 is 0 Å². The Balaban J connectivity index is 2.00. The van der Waals surface area contributed by atoms with Crippen molar-refractivity contribution in [1.82, 2.24) is 20.2 Å². The number of carbonyl (C=O) groups is 2. The maximum atomic E-state index is 14.0. The smallest absolute Gasteiger partial charge is 0.269 e. The molecule has 3 rings (SSSR count). The molecule has 0 aromatic carbocycles. The number of nitrogens with zero attached hydrogens (tertiary/aromatic N) is 3. The van der Waals surface area contributed by atoms with Gasteiger partial charge in [0, 0.05) is 18.7 Å². The Labute approximate surface area is 180 Å². The largest absolute Gasteiger partial charge is 0.361 e. The molecule has 2 atom stereocenters. The quantitative estimate of drug-likeness (QED) is 0.554. The van der Waals surface area contributed by atoms with Gasteiger partial charge in [0.15, 0.2) is 0 Å². The van der Waals surface area contributed by atoms with E-state index in [4.69, 9.17) is 16.3 Å². The van der Waals surface area contributed by atoms with E-state index in [-0.39, 0.29) is 35.2 Å². The van der Waals surface area contributed by atoms with Crippen molar-refractivity contribution in [3.8, 4) is 11.3 Å². The van der Waals surface area contributed by atoms with Gasteiger partial charge in [0.1, 0.15) is 23.1 Å². The van der Waals surface area contributed by atoms with Crippen LogP contribution in [-0.4, -0.2) is 59.3 Å². The molecule has 0 radical (unpaired) electrons. The Morgan fingerprint density at radius 3 is 2.68 bits per heavy atom. The second-order valence-electron chi connectivity index (χ2n) is 6.70. The summed E-state index contributed by atoms with van der Waals surface area (Å²) in [7, 11) is 1.38. The molecule has 0 saturated carbocycles.